The first-order chi connectivity index (χ1) is 12.5. The van der Waals surface area contributed by atoms with Crippen LogP contribution >= 0.6 is 0 Å². The molecule has 2 unspecified atom stereocenters. The summed E-state index contributed by atoms with van der Waals surface area (Å²) in [4.78, 5) is 36.0. The number of aliphatic carboxylic acids is 1. The molecule has 0 aliphatic carbocycles. The Labute approximate surface area is 150 Å². The Balaban J connectivity index is 2.14. The highest BCUT2D eigenvalue weighted by Crippen LogP contribution is 2.06. The summed E-state index contributed by atoms with van der Waals surface area (Å²) in [7, 11) is 1.34. The number of amides is 2. The lowest BCUT2D eigenvalue weighted by Crippen LogP contribution is -2.53. The molecule has 2 rings (SSSR count). The van der Waals surface area contributed by atoms with Gasteiger partial charge in [0.15, 0.2) is 11.8 Å². The standard InChI is InChI=1S/C18H20N2O6/c1-25-11-14(18(23)24)20-16(21)13(10-12-6-3-2-4-7-12)19-17(22)15-8-5-9-26-15/h2-9,13-14H,10-11H2,1H3,(H,19,22)(H,20,21)(H,23,24). The fraction of sp³-hybridized carbons (Fsp3) is 0.278. The van der Waals surface area contributed by atoms with Gasteiger partial charge in [0.05, 0.1) is 12.9 Å². The second kappa shape index (κ2) is 9.38. The Kier molecular flexibility index (Phi) is 6.92. The van der Waals surface area contributed by atoms with Gasteiger partial charge in [0.25, 0.3) is 5.91 Å². The summed E-state index contributed by atoms with van der Waals surface area (Å²) in [5.41, 5.74) is 0.811. The molecular weight excluding hydrogens is 340 g/mol. The van der Waals surface area contributed by atoms with E-state index in [9.17, 15) is 14.4 Å². The van der Waals surface area contributed by atoms with Gasteiger partial charge in [0.2, 0.25) is 5.91 Å². The zero-order valence-corrected chi connectivity index (χ0v) is 14.2. The van der Waals surface area contributed by atoms with E-state index in [1.54, 1.807) is 6.07 Å². The van der Waals surface area contributed by atoms with E-state index in [4.69, 9.17) is 14.3 Å². The number of carboxylic acid groups (broad SMARTS) is 1. The lowest BCUT2D eigenvalue weighted by atomic mass is 10.0. The van der Waals surface area contributed by atoms with Crippen LogP contribution in [0.25, 0.3) is 0 Å². The molecule has 0 radical (unpaired) electrons. The van der Waals surface area contributed by atoms with Crippen molar-refractivity contribution < 1.29 is 28.6 Å². The average Bonchev–Trinajstić information content (AvgIpc) is 3.16. The van der Waals surface area contributed by atoms with Crippen molar-refractivity contribution in [2.75, 3.05) is 13.7 Å². The van der Waals surface area contributed by atoms with Gasteiger partial charge in [-0.15, -0.1) is 0 Å². The third-order valence-corrected chi connectivity index (χ3v) is 3.60. The SMILES string of the molecule is COCC(NC(=O)C(Cc1ccccc1)NC(=O)c1ccco1)C(=O)O. The van der Waals surface area contributed by atoms with E-state index in [0.717, 1.165) is 5.56 Å². The smallest absolute Gasteiger partial charge is 0.328 e. The van der Waals surface area contributed by atoms with E-state index in [1.165, 1.54) is 19.4 Å². The summed E-state index contributed by atoms with van der Waals surface area (Å²) in [6, 6.07) is 9.90. The van der Waals surface area contributed by atoms with Crippen LogP contribution in [0.4, 0.5) is 0 Å². The second-order valence-electron chi connectivity index (χ2n) is 5.55. The quantitative estimate of drug-likeness (QED) is 0.610. The molecule has 3 N–H and O–H groups in total. The van der Waals surface area contributed by atoms with Crippen LogP contribution in [-0.2, 0) is 20.7 Å². The van der Waals surface area contributed by atoms with Crippen LogP contribution in [0.15, 0.2) is 53.1 Å². The summed E-state index contributed by atoms with van der Waals surface area (Å²) in [5.74, 6) is -2.36. The largest absolute Gasteiger partial charge is 0.480 e. The molecule has 1 aromatic heterocycles. The Morgan fingerprint density at radius 3 is 2.38 bits per heavy atom. The topological polar surface area (TPSA) is 118 Å². The maximum Gasteiger partial charge on any atom is 0.328 e. The number of methoxy groups -OCH3 is 1. The lowest BCUT2D eigenvalue weighted by molar-refractivity contribution is -0.143. The molecule has 2 amide bonds. The molecule has 0 fully saturated rings. The molecule has 8 heteroatoms. The van der Waals surface area contributed by atoms with Gasteiger partial charge in [-0.3, -0.25) is 9.59 Å². The summed E-state index contributed by atoms with van der Waals surface area (Å²) >= 11 is 0. The highest BCUT2D eigenvalue weighted by molar-refractivity contribution is 5.96. The number of hydrogen-bond donors (Lipinski definition) is 3. The van der Waals surface area contributed by atoms with E-state index in [2.05, 4.69) is 10.6 Å². The van der Waals surface area contributed by atoms with E-state index >= 15 is 0 Å². The van der Waals surface area contributed by atoms with Crippen molar-refractivity contribution >= 4 is 17.8 Å². The molecule has 2 aromatic rings. The summed E-state index contributed by atoms with van der Waals surface area (Å²) in [5, 5.41) is 14.1. The van der Waals surface area contributed by atoms with Crippen LogP contribution in [0.5, 0.6) is 0 Å². The Morgan fingerprint density at radius 2 is 1.81 bits per heavy atom. The Morgan fingerprint density at radius 1 is 1.08 bits per heavy atom. The molecule has 8 nitrogen and oxygen atoms in total. The summed E-state index contributed by atoms with van der Waals surface area (Å²) < 4.78 is 9.83. The van der Waals surface area contributed by atoms with Crippen molar-refractivity contribution in [3.05, 3.63) is 60.1 Å². The van der Waals surface area contributed by atoms with Crippen molar-refractivity contribution in [2.24, 2.45) is 0 Å². The lowest BCUT2D eigenvalue weighted by Gasteiger charge is -2.21. The van der Waals surface area contributed by atoms with Crippen molar-refractivity contribution in [2.45, 2.75) is 18.5 Å². The number of benzene rings is 1. The van der Waals surface area contributed by atoms with Crippen LogP contribution in [0, 0.1) is 0 Å². The van der Waals surface area contributed by atoms with Crippen LogP contribution < -0.4 is 10.6 Å². The monoisotopic (exact) mass is 360 g/mol. The third-order valence-electron chi connectivity index (χ3n) is 3.60. The fourth-order valence-corrected chi connectivity index (χ4v) is 2.31. The van der Waals surface area contributed by atoms with Crippen LogP contribution in [0.2, 0.25) is 0 Å². The van der Waals surface area contributed by atoms with Crippen molar-refractivity contribution in [1.82, 2.24) is 10.6 Å². The van der Waals surface area contributed by atoms with Gasteiger partial charge >= 0.3 is 5.97 Å². The number of ether oxygens (including phenoxy) is 1. The third kappa shape index (κ3) is 5.45. The van der Waals surface area contributed by atoms with Crippen molar-refractivity contribution in [1.29, 1.82) is 0 Å². The summed E-state index contributed by atoms with van der Waals surface area (Å²) in [6.45, 7) is -0.189. The Hall–Kier alpha value is -3.13. The van der Waals surface area contributed by atoms with E-state index in [0.29, 0.717) is 0 Å². The maximum atomic E-state index is 12.6. The highest BCUT2D eigenvalue weighted by atomic mass is 16.5. The number of hydrogen-bond acceptors (Lipinski definition) is 5. The number of nitrogens with one attached hydrogen (secondary N) is 2. The molecule has 0 bridgehead atoms. The van der Waals surface area contributed by atoms with Crippen LogP contribution in [0.3, 0.4) is 0 Å². The minimum atomic E-state index is -1.23. The van der Waals surface area contributed by atoms with Crippen molar-refractivity contribution in [3.63, 3.8) is 0 Å². The van der Waals surface area contributed by atoms with Crippen LogP contribution in [-0.4, -0.2) is 48.7 Å². The molecule has 2 atom stereocenters. The molecule has 0 saturated carbocycles. The number of carboxylic acids is 1. The highest BCUT2D eigenvalue weighted by Gasteiger charge is 2.27. The predicted molar refractivity (Wildman–Crippen MR) is 91.6 cm³/mol. The first-order valence-corrected chi connectivity index (χ1v) is 7.91. The minimum absolute atomic E-state index is 0.0579. The molecule has 0 aliphatic rings. The van der Waals surface area contributed by atoms with Crippen LogP contribution in [0.1, 0.15) is 16.1 Å². The molecule has 1 heterocycles. The van der Waals surface area contributed by atoms with Gasteiger partial charge in [0.1, 0.15) is 6.04 Å². The first-order valence-electron chi connectivity index (χ1n) is 7.91. The van der Waals surface area contributed by atoms with Gasteiger partial charge < -0.3 is 24.9 Å². The van der Waals surface area contributed by atoms with E-state index in [1.807, 2.05) is 30.3 Å². The van der Waals surface area contributed by atoms with Crippen molar-refractivity contribution in [3.8, 4) is 0 Å². The normalized spacial score (nSPS) is 12.8. The molecular formula is C18H20N2O6. The number of carbonyl (C=O) groups is 3. The van der Waals surface area contributed by atoms with Gasteiger partial charge in [-0.1, -0.05) is 30.3 Å². The van der Waals surface area contributed by atoms with E-state index < -0.39 is 29.9 Å². The Bertz CT molecular complexity index is 729. The first kappa shape index (κ1) is 19.2. The van der Waals surface area contributed by atoms with Gasteiger partial charge in [0, 0.05) is 13.5 Å². The fourth-order valence-electron chi connectivity index (χ4n) is 2.31. The molecule has 0 saturated heterocycles. The molecule has 0 spiro atoms. The number of rotatable bonds is 9. The second-order valence-corrected chi connectivity index (χ2v) is 5.55. The molecule has 138 valence electrons. The number of carbonyl (C=O) groups excluding carboxylic acids is 2. The molecule has 26 heavy (non-hydrogen) atoms. The minimum Gasteiger partial charge on any atom is -0.480 e. The maximum absolute atomic E-state index is 12.6. The molecule has 1 aromatic carbocycles. The summed E-state index contributed by atoms with van der Waals surface area (Å²) in [6.07, 6.45) is 1.54. The average molecular weight is 360 g/mol. The predicted octanol–water partition coefficient (Wildman–Crippen LogP) is 0.836. The molecule has 0 aliphatic heterocycles. The van der Waals surface area contributed by atoms with E-state index in [-0.39, 0.29) is 18.8 Å². The number of furan rings is 1. The van der Waals surface area contributed by atoms with Gasteiger partial charge in [-0.05, 0) is 17.7 Å². The zero-order valence-electron chi connectivity index (χ0n) is 14.2. The van der Waals surface area contributed by atoms with Gasteiger partial charge in [-0.25, -0.2) is 4.79 Å². The zero-order chi connectivity index (χ0) is 18.9. The van der Waals surface area contributed by atoms with Gasteiger partial charge in [-0.2, -0.15) is 0 Å².